The van der Waals surface area contributed by atoms with Crippen molar-refractivity contribution in [3.8, 4) is 23.0 Å². The fourth-order valence-electron chi connectivity index (χ4n) is 1.05. The van der Waals surface area contributed by atoms with Crippen LogP contribution in [0.25, 0.3) is 0 Å². The standard InChI is InChI=1S/C11H12O5/c1-3-9(12)16-8-6-5-7(15-4-2)10(13)11(8)14/h3,5-6,13-14H,1,4H2,2H3. The first-order valence-electron chi connectivity index (χ1n) is 4.62. The molecule has 5 nitrogen and oxygen atoms in total. The SMILES string of the molecule is C=CC(=O)Oc1ccc(OCC)c(O)c1O. The number of rotatable bonds is 4. The molecule has 0 saturated heterocycles. The van der Waals surface area contributed by atoms with Gasteiger partial charge in [0.15, 0.2) is 11.5 Å². The van der Waals surface area contributed by atoms with Gasteiger partial charge in [0.05, 0.1) is 6.61 Å². The van der Waals surface area contributed by atoms with Gasteiger partial charge in [0.25, 0.3) is 0 Å². The number of hydrogen-bond donors (Lipinski definition) is 2. The Kier molecular flexibility index (Phi) is 3.77. The molecule has 0 amide bonds. The van der Waals surface area contributed by atoms with Crippen LogP contribution in [0.15, 0.2) is 24.8 Å². The Hall–Kier alpha value is -2.17. The van der Waals surface area contributed by atoms with Crippen LogP contribution in [-0.4, -0.2) is 22.8 Å². The number of benzene rings is 1. The molecule has 0 spiro atoms. The molecular weight excluding hydrogens is 212 g/mol. The molecule has 0 aliphatic rings. The monoisotopic (exact) mass is 224 g/mol. The molecule has 1 rings (SSSR count). The Morgan fingerprint density at radius 3 is 2.50 bits per heavy atom. The van der Waals surface area contributed by atoms with E-state index in [-0.39, 0.29) is 11.5 Å². The summed E-state index contributed by atoms with van der Waals surface area (Å²) in [5, 5.41) is 19.0. The zero-order chi connectivity index (χ0) is 12.1. The number of carbonyl (C=O) groups is 1. The van der Waals surface area contributed by atoms with E-state index in [0.29, 0.717) is 6.61 Å². The van der Waals surface area contributed by atoms with E-state index in [1.165, 1.54) is 12.1 Å². The van der Waals surface area contributed by atoms with Crippen molar-refractivity contribution in [3.63, 3.8) is 0 Å². The minimum atomic E-state index is -0.723. The maximum Gasteiger partial charge on any atom is 0.335 e. The number of phenols is 2. The number of aromatic hydroxyl groups is 2. The molecule has 0 bridgehead atoms. The van der Waals surface area contributed by atoms with E-state index in [0.717, 1.165) is 6.08 Å². The van der Waals surface area contributed by atoms with Crippen LogP contribution in [-0.2, 0) is 4.79 Å². The van der Waals surface area contributed by atoms with Crippen LogP contribution >= 0.6 is 0 Å². The van der Waals surface area contributed by atoms with E-state index in [1.54, 1.807) is 6.92 Å². The summed E-state index contributed by atoms with van der Waals surface area (Å²) in [4.78, 5) is 10.9. The van der Waals surface area contributed by atoms with Crippen LogP contribution < -0.4 is 9.47 Å². The predicted octanol–water partition coefficient (Wildman–Crippen LogP) is 1.59. The third-order valence-corrected chi connectivity index (χ3v) is 1.75. The molecule has 0 fully saturated rings. The van der Waals surface area contributed by atoms with E-state index in [4.69, 9.17) is 4.74 Å². The second-order valence-corrected chi connectivity index (χ2v) is 2.82. The molecule has 16 heavy (non-hydrogen) atoms. The average molecular weight is 224 g/mol. The molecule has 0 heterocycles. The second kappa shape index (κ2) is 5.06. The topological polar surface area (TPSA) is 76.0 Å². The van der Waals surface area contributed by atoms with Crippen molar-refractivity contribution in [3.05, 3.63) is 24.8 Å². The smallest absolute Gasteiger partial charge is 0.335 e. The lowest BCUT2D eigenvalue weighted by molar-refractivity contribution is -0.129. The van der Waals surface area contributed by atoms with Gasteiger partial charge >= 0.3 is 5.97 Å². The van der Waals surface area contributed by atoms with Gasteiger partial charge in [0.2, 0.25) is 11.5 Å². The summed E-state index contributed by atoms with van der Waals surface area (Å²) in [6.45, 7) is 5.30. The molecule has 2 N–H and O–H groups in total. The molecule has 0 saturated carbocycles. The van der Waals surface area contributed by atoms with Gasteiger partial charge in [-0.15, -0.1) is 0 Å². The van der Waals surface area contributed by atoms with Crippen LogP contribution in [0.3, 0.4) is 0 Å². The van der Waals surface area contributed by atoms with Crippen molar-refractivity contribution in [2.75, 3.05) is 6.61 Å². The molecule has 0 aliphatic heterocycles. The van der Waals surface area contributed by atoms with Gasteiger partial charge in [0, 0.05) is 6.08 Å². The number of esters is 1. The highest BCUT2D eigenvalue weighted by atomic mass is 16.5. The first-order valence-corrected chi connectivity index (χ1v) is 4.62. The summed E-state index contributed by atoms with van der Waals surface area (Å²) in [6, 6.07) is 2.71. The van der Waals surface area contributed by atoms with Crippen molar-refractivity contribution in [2.45, 2.75) is 6.92 Å². The first kappa shape index (κ1) is 11.9. The zero-order valence-electron chi connectivity index (χ0n) is 8.77. The Balaban J connectivity index is 3.01. The van der Waals surface area contributed by atoms with E-state index >= 15 is 0 Å². The van der Waals surface area contributed by atoms with E-state index in [2.05, 4.69) is 11.3 Å². The summed E-state index contributed by atoms with van der Waals surface area (Å²) < 4.78 is 9.72. The van der Waals surface area contributed by atoms with Crippen LogP contribution in [0.4, 0.5) is 0 Å². The molecule has 0 radical (unpaired) electrons. The van der Waals surface area contributed by atoms with E-state index in [9.17, 15) is 15.0 Å². The van der Waals surface area contributed by atoms with Crippen LogP contribution in [0, 0.1) is 0 Å². The van der Waals surface area contributed by atoms with Crippen molar-refractivity contribution < 1.29 is 24.5 Å². The summed E-state index contributed by atoms with van der Waals surface area (Å²) in [7, 11) is 0. The van der Waals surface area contributed by atoms with Crippen molar-refractivity contribution in [1.82, 2.24) is 0 Å². The largest absolute Gasteiger partial charge is 0.502 e. The highest BCUT2D eigenvalue weighted by molar-refractivity contribution is 5.84. The van der Waals surface area contributed by atoms with Gasteiger partial charge in [-0.25, -0.2) is 4.79 Å². The molecule has 86 valence electrons. The van der Waals surface area contributed by atoms with E-state index < -0.39 is 17.5 Å². The third-order valence-electron chi connectivity index (χ3n) is 1.75. The first-order chi connectivity index (χ1) is 7.60. The zero-order valence-corrected chi connectivity index (χ0v) is 8.77. The highest BCUT2D eigenvalue weighted by Crippen LogP contribution is 2.42. The minimum absolute atomic E-state index is 0.124. The summed E-state index contributed by atoms with van der Waals surface area (Å²) in [5.74, 6) is -1.75. The lowest BCUT2D eigenvalue weighted by Crippen LogP contribution is -2.03. The molecular formula is C11H12O5. The maximum atomic E-state index is 10.9. The number of phenolic OH excluding ortho intramolecular Hbond substituents is 2. The quantitative estimate of drug-likeness (QED) is 0.351. The minimum Gasteiger partial charge on any atom is -0.502 e. The molecule has 1 aromatic carbocycles. The van der Waals surface area contributed by atoms with Gasteiger partial charge in [-0.3, -0.25) is 0 Å². The third kappa shape index (κ3) is 2.44. The molecule has 5 heteroatoms. The van der Waals surface area contributed by atoms with Crippen molar-refractivity contribution in [1.29, 1.82) is 0 Å². The lowest BCUT2D eigenvalue weighted by Gasteiger charge is -2.10. The Morgan fingerprint density at radius 2 is 1.94 bits per heavy atom. The molecule has 0 aliphatic carbocycles. The predicted molar refractivity (Wildman–Crippen MR) is 56.8 cm³/mol. The fraction of sp³-hybridized carbons (Fsp3) is 0.182. The summed E-state index contributed by atoms with van der Waals surface area (Å²) in [5.41, 5.74) is 0. The van der Waals surface area contributed by atoms with Gasteiger partial charge in [-0.2, -0.15) is 0 Å². The molecule has 0 aromatic heterocycles. The number of hydrogen-bond acceptors (Lipinski definition) is 5. The normalized spacial score (nSPS) is 9.56. The Labute approximate surface area is 92.5 Å². The average Bonchev–Trinajstić information content (AvgIpc) is 2.28. The fourth-order valence-corrected chi connectivity index (χ4v) is 1.05. The number of carbonyl (C=O) groups excluding carboxylic acids is 1. The molecule has 1 aromatic rings. The molecule has 0 unspecified atom stereocenters. The van der Waals surface area contributed by atoms with Gasteiger partial charge in [0.1, 0.15) is 0 Å². The van der Waals surface area contributed by atoms with Gasteiger partial charge in [-0.05, 0) is 19.1 Å². The highest BCUT2D eigenvalue weighted by Gasteiger charge is 2.15. The van der Waals surface area contributed by atoms with Crippen LogP contribution in [0.5, 0.6) is 23.0 Å². The number of ether oxygens (including phenoxy) is 2. The Morgan fingerprint density at radius 1 is 1.38 bits per heavy atom. The van der Waals surface area contributed by atoms with Gasteiger partial charge < -0.3 is 19.7 Å². The van der Waals surface area contributed by atoms with E-state index in [1.807, 2.05) is 0 Å². The summed E-state index contributed by atoms with van der Waals surface area (Å²) in [6.07, 6.45) is 0.951. The lowest BCUT2D eigenvalue weighted by atomic mass is 10.2. The maximum absolute atomic E-state index is 10.9. The molecule has 0 atom stereocenters. The second-order valence-electron chi connectivity index (χ2n) is 2.82. The van der Waals surface area contributed by atoms with Crippen LogP contribution in [0.1, 0.15) is 6.92 Å². The van der Waals surface area contributed by atoms with Crippen LogP contribution in [0.2, 0.25) is 0 Å². The van der Waals surface area contributed by atoms with Crippen molar-refractivity contribution >= 4 is 5.97 Å². The van der Waals surface area contributed by atoms with Gasteiger partial charge in [-0.1, -0.05) is 6.58 Å². The van der Waals surface area contributed by atoms with Crippen molar-refractivity contribution in [2.24, 2.45) is 0 Å². The summed E-state index contributed by atoms with van der Waals surface area (Å²) >= 11 is 0. The Bertz CT molecular complexity index is 411.